The first kappa shape index (κ1) is 16.4. The van der Waals surface area contributed by atoms with Gasteiger partial charge in [0.05, 0.1) is 0 Å². The van der Waals surface area contributed by atoms with Crippen LogP contribution in [0.4, 0.5) is 11.5 Å². The van der Waals surface area contributed by atoms with E-state index < -0.39 is 11.8 Å². The number of hydrogen-bond donors (Lipinski definition) is 2. The van der Waals surface area contributed by atoms with E-state index in [4.69, 9.17) is 4.52 Å². The number of nitrogens with one attached hydrogen (secondary N) is 2. The van der Waals surface area contributed by atoms with Gasteiger partial charge in [0.15, 0.2) is 5.82 Å². The number of nitrogens with zero attached hydrogens (tertiary/aromatic N) is 2. The Kier molecular flexibility index (Phi) is 4.56. The Morgan fingerprint density at radius 1 is 0.920 bits per heavy atom. The van der Waals surface area contributed by atoms with Crippen LogP contribution in [0.3, 0.4) is 0 Å². The summed E-state index contributed by atoms with van der Waals surface area (Å²) < 4.78 is 4.89. The molecule has 1 aromatic carbocycles. The van der Waals surface area contributed by atoms with Gasteiger partial charge in [-0.25, -0.2) is 4.98 Å². The number of benzene rings is 1. The fourth-order valence-corrected chi connectivity index (χ4v) is 2.13. The Balaban J connectivity index is 1.72. The molecule has 0 saturated heterocycles. The fraction of sp³-hybridized carbons (Fsp3) is 0.111. The molecule has 0 aliphatic carbocycles. The zero-order valence-corrected chi connectivity index (χ0v) is 13.7. The van der Waals surface area contributed by atoms with Gasteiger partial charge in [-0.2, -0.15) is 0 Å². The van der Waals surface area contributed by atoms with Crippen LogP contribution in [0.15, 0.2) is 53.1 Å². The van der Waals surface area contributed by atoms with Gasteiger partial charge in [-0.1, -0.05) is 28.9 Å². The molecule has 0 saturated carbocycles. The third-order valence-electron chi connectivity index (χ3n) is 3.39. The predicted octanol–water partition coefficient (Wildman–Crippen LogP) is 3.19. The van der Waals surface area contributed by atoms with Crippen molar-refractivity contribution in [2.24, 2.45) is 0 Å². The number of rotatable bonds is 4. The molecule has 126 valence electrons. The molecular weight excluding hydrogens is 320 g/mol. The van der Waals surface area contributed by atoms with Gasteiger partial charge in [0.25, 0.3) is 11.8 Å². The van der Waals surface area contributed by atoms with Gasteiger partial charge in [0.2, 0.25) is 0 Å². The second-order valence-electron chi connectivity index (χ2n) is 5.51. The number of aryl methyl sites for hydroxylation is 2. The highest BCUT2D eigenvalue weighted by atomic mass is 16.5. The van der Waals surface area contributed by atoms with Crippen molar-refractivity contribution in [2.45, 2.75) is 13.8 Å². The summed E-state index contributed by atoms with van der Waals surface area (Å²) in [5.41, 5.74) is 2.00. The first-order valence-electron chi connectivity index (χ1n) is 7.61. The van der Waals surface area contributed by atoms with Gasteiger partial charge in [0.1, 0.15) is 17.1 Å². The summed E-state index contributed by atoms with van der Waals surface area (Å²) in [6.07, 6.45) is 0. The van der Waals surface area contributed by atoms with E-state index in [9.17, 15) is 9.59 Å². The van der Waals surface area contributed by atoms with Crippen molar-refractivity contribution in [3.8, 4) is 0 Å². The monoisotopic (exact) mass is 336 g/mol. The zero-order valence-electron chi connectivity index (χ0n) is 13.7. The van der Waals surface area contributed by atoms with Crippen LogP contribution in [-0.2, 0) is 0 Å². The summed E-state index contributed by atoms with van der Waals surface area (Å²) in [6.45, 7) is 3.68. The predicted molar refractivity (Wildman–Crippen MR) is 92.6 cm³/mol. The molecule has 2 amide bonds. The quantitative estimate of drug-likeness (QED) is 0.762. The van der Waals surface area contributed by atoms with E-state index in [2.05, 4.69) is 20.8 Å². The van der Waals surface area contributed by atoms with Gasteiger partial charge in [-0.3, -0.25) is 9.59 Å². The highest BCUT2D eigenvalue weighted by Gasteiger charge is 2.14. The number of aromatic nitrogens is 2. The lowest BCUT2D eigenvalue weighted by Crippen LogP contribution is -2.18. The molecule has 0 aliphatic heterocycles. The molecule has 0 atom stereocenters. The van der Waals surface area contributed by atoms with Crippen LogP contribution in [-0.4, -0.2) is 22.0 Å². The molecule has 3 rings (SSSR count). The Labute approximate surface area is 144 Å². The van der Waals surface area contributed by atoms with Crippen molar-refractivity contribution in [3.63, 3.8) is 0 Å². The van der Waals surface area contributed by atoms with E-state index in [0.29, 0.717) is 17.3 Å². The molecule has 0 fully saturated rings. The van der Waals surface area contributed by atoms with Crippen molar-refractivity contribution in [2.75, 3.05) is 10.6 Å². The summed E-state index contributed by atoms with van der Waals surface area (Å²) in [5, 5.41) is 8.99. The Bertz CT molecular complexity index is 916. The average Bonchev–Trinajstić information content (AvgIpc) is 3.02. The minimum Gasteiger partial charge on any atom is -0.360 e. The summed E-state index contributed by atoms with van der Waals surface area (Å²) in [5.74, 6) is 0.00219. The summed E-state index contributed by atoms with van der Waals surface area (Å²) in [7, 11) is 0. The van der Waals surface area contributed by atoms with Crippen LogP contribution in [0.5, 0.6) is 0 Å². The second kappa shape index (κ2) is 6.96. The van der Waals surface area contributed by atoms with Crippen LogP contribution in [0.1, 0.15) is 32.3 Å². The summed E-state index contributed by atoms with van der Waals surface area (Å²) in [4.78, 5) is 28.6. The van der Waals surface area contributed by atoms with E-state index in [1.807, 2.05) is 19.1 Å². The maximum Gasteiger partial charge on any atom is 0.275 e. The van der Waals surface area contributed by atoms with Crippen molar-refractivity contribution in [3.05, 3.63) is 71.2 Å². The summed E-state index contributed by atoms with van der Waals surface area (Å²) >= 11 is 0. The molecule has 3 aromatic rings. The highest BCUT2D eigenvalue weighted by Crippen LogP contribution is 2.12. The standard InChI is InChI=1S/C18H16N4O3/c1-11-6-8-13(9-7-11)19-17(23)14-4-3-5-15(20-14)18(24)21-16-10-12(2)25-22-16/h3-10H,1-2H3,(H,19,23)(H,21,22,24). The maximum absolute atomic E-state index is 12.3. The zero-order chi connectivity index (χ0) is 17.8. The third kappa shape index (κ3) is 4.08. The molecular formula is C18H16N4O3. The lowest BCUT2D eigenvalue weighted by molar-refractivity contribution is 0.101. The lowest BCUT2D eigenvalue weighted by atomic mass is 10.2. The normalized spacial score (nSPS) is 10.3. The number of amides is 2. The molecule has 2 N–H and O–H groups in total. The minimum absolute atomic E-state index is 0.109. The number of anilines is 2. The van der Waals surface area contributed by atoms with Crippen LogP contribution in [0, 0.1) is 13.8 Å². The number of carbonyl (C=O) groups excluding carboxylic acids is 2. The molecule has 7 heteroatoms. The van der Waals surface area contributed by atoms with Crippen LogP contribution in [0.25, 0.3) is 0 Å². The first-order chi connectivity index (χ1) is 12.0. The van der Waals surface area contributed by atoms with Gasteiger partial charge in [0, 0.05) is 11.8 Å². The third-order valence-corrected chi connectivity index (χ3v) is 3.39. The SMILES string of the molecule is Cc1ccc(NC(=O)c2cccc(C(=O)Nc3cc(C)on3)n2)cc1. The number of pyridine rings is 1. The van der Waals surface area contributed by atoms with Gasteiger partial charge < -0.3 is 15.2 Å². The maximum atomic E-state index is 12.3. The van der Waals surface area contributed by atoms with E-state index in [0.717, 1.165) is 5.56 Å². The summed E-state index contributed by atoms with van der Waals surface area (Å²) in [6, 6.07) is 13.6. The lowest BCUT2D eigenvalue weighted by Gasteiger charge is -2.06. The smallest absolute Gasteiger partial charge is 0.275 e. The van der Waals surface area contributed by atoms with E-state index in [1.165, 1.54) is 6.07 Å². The van der Waals surface area contributed by atoms with Gasteiger partial charge in [-0.05, 0) is 38.1 Å². The molecule has 2 aromatic heterocycles. The van der Waals surface area contributed by atoms with Crippen molar-refractivity contribution < 1.29 is 14.1 Å². The molecule has 0 radical (unpaired) electrons. The van der Waals surface area contributed by atoms with E-state index in [1.54, 1.807) is 37.3 Å². The average molecular weight is 336 g/mol. The van der Waals surface area contributed by atoms with Crippen molar-refractivity contribution in [1.82, 2.24) is 10.1 Å². The molecule has 0 unspecified atom stereocenters. The van der Waals surface area contributed by atoms with E-state index in [-0.39, 0.29) is 11.4 Å². The minimum atomic E-state index is -0.474. The first-order valence-corrected chi connectivity index (χ1v) is 7.61. The van der Waals surface area contributed by atoms with E-state index >= 15 is 0 Å². The topological polar surface area (TPSA) is 97.1 Å². The number of hydrogen-bond acceptors (Lipinski definition) is 5. The Hall–Kier alpha value is -3.48. The second-order valence-corrected chi connectivity index (χ2v) is 5.51. The molecule has 0 bridgehead atoms. The highest BCUT2D eigenvalue weighted by molar-refractivity contribution is 6.05. The molecule has 25 heavy (non-hydrogen) atoms. The molecule has 0 spiro atoms. The van der Waals surface area contributed by atoms with Crippen LogP contribution < -0.4 is 10.6 Å². The van der Waals surface area contributed by atoms with Crippen LogP contribution >= 0.6 is 0 Å². The van der Waals surface area contributed by atoms with Crippen molar-refractivity contribution >= 4 is 23.3 Å². The fourth-order valence-electron chi connectivity index (χ4n) is 2.13. The Morgan fingerprint density at radius 3 is 2.16 bits per heavy atom. The molecule has 0 aliphatic rings. The van der Waals surface area contributed by atoms with Gasteiger partial charge >= 0.3 is 0 Å². The largest absolute Gasteiger partial charge is 0.360 e. The number of carbonyl (C=O) groups is 2. The van der Waals surface area contributed by atoms with Crippen LogP contribution in [0.2, 0.25) is 0 Å². The Morgan fingerprint density at radius 2 is 1.56 bits per heavy atom. The molecule has 7 nitrogen and oxygen atoms in total. The van der Waals surface area contributed by atoms with Gasteiger partial charge in [-0.15, -0.1) is 0 Å². The van der Waals surface area contributed by atoms with Crippen molar-refractivity contribution in [1.29, 1.82) is 0 Å². The molecule has 2 heterocycles.